The lowest BCUT2D eigenvalue weighted by Gasteiger charge is -2.10. The van der Waals surface area contributed by atoms with Crippen LogP contribution in [0.1, 0.15) is 29.5 Å². The Morgan fingerprint density at radius 1 is 1.15 bits per heavy atom. The van der Waals surface area contributed by atoms with Gasteiger partial charge in [0.25, 0.3) is 0 Å². The van der Waals surface area contributed by atoms with E-state index < -0.39 is 0 Å². The minimum atomic E-state index is -0.367. The Labute approximate surface area is 158 Å². The van der Waals surface area contributed by atoms with Crippen LogP contribution in [-0.2, 0) is 9.59 Å². The third-order valence-electron chi connectivity index (χ3n) is 4.06. The number of aromatic hydroxyl groups is 1. The summed E-state index contributed by atoms with van der Waals surface area (Å²) < 4.78 is 5.00. The van der Waals surface area contributed by atoms with E-state index >= 15 is 0 Å². The summed E-state index contributed by atoms with van der Waals surface area (Å²) in [7, 11) is 1.45. The zero-order valence-corrected chi connectivity index (χ0v) is 15.6. The maximum atomic E-state index is 12.0. The number of hydrazone groups is 1. The molecular weight excluding hydrogens is 346 g/mol. The lowest BCUT2D eigenvalue weighted by atomic mass is 10.1. The van der Waals surface area contributed by atoms with Crippen LogP contribution in [0, 0.1) is 13.8 Å². The quantitative estimate of drug-likeness (QED) is 0.516. The van der Waals surface area contributed by atoms with Crippen molar-refractivity contribution < 1.29 is 19.4 Å². The number of benzene rings is 2. The number of aryl methyl sites for hydroxylation is 1. The van der Waals surface area contributed by atoms with Gasteiger partial charge in [-0.2, -0.15) is 5.10 Å². The van der Waals surface area contributed by atoms with Crippen LogP contribution in [0.2, 0.25) is 0 Å². The minimum Gasteiger partial charge on any atom is -0.504 e. The maximum absolute atomic E-state index is 12.0. The summed E-state index contributed by atoms with van der Waals surface area (Å²) in [6.45, 7) is 3.91. The zero-order valence-electron chi connectivity index (χ0n) is 15.6. The van der Waals surface area contributed by atoms with Crippen molar-refractivity contribution in [3.8, 4) is 11.5 Å². The van der Waals surface area contributed by atoms with E-state index in [9.17, 15) is 14.7 Å². The third-order valence-corrected chi connectivity index (χ3v) is 4.06. The van der Waals surface area contributed by atoms with Crippen molar-refractivity contribution >= 4 is 23.7 Å². The molecule has 7 nitrogen and oxygen atoms in total. The van der Waals surface area contributed by atoms with Gasteiger partial charge >= 0.3 is 0 Å². The summed E-state index contributed by atoms with van der Waals surface area (Å²) >= 11 is 0. The van der Waals surface area contributed by atoms with Crippen LogP contribution in [0.15, 0.2) is 41.5 Å². The fraction of sp³-hybridized carbons (Fsp3) is 0.250. The van der Waals surface area contributed by atoms with Gasteiger partial charge in [0.05, 0.1) is 13.3 Å². The molecule has 0 saturated heterocycles. The fourth-order valence-electron chi connectivity index (χ4n) is 2.34. The average Bonchev–Trinajstić information content (AvgIpc) is 2.65. The molecule has 0 atom stereocenters. The van der Waals surface area contributed by atoms with Crippen molar-refractivity contribution in [1.29, 1.82) is 0 Å². The number of hydrogen-bond donors (Lipinski definition) is 3. The van der Waals surface area contributed by atoms with Crippen molar-refractivity contribution in [3.05, 3.63) is 53.1 Å². The Hall–Kier alpha value is -3.35. The van der Waals surface area contributed by atoms with Gasteiger partial charge in [-0.05, 0) is 54.8 Å². The van der Waals surface area contributed by atoms with Crippen LogP contribution >= 0.6 is 0 Å². The predicted octanol–water partition coefficient (Wildman–Crippen LogP) is 2.89. The monoisotopic (exact) mass is 369 g/mol. The third kappa shape index (κ3) is 5.85. The molecule has 0 aliphatic rings. The fourth-order valence-corrected chi connectivity index (χ4v) is 2.34. The molecule has 2 aromatic carbocycles. The molecule has 0 aliphatic carbocycles. The number of phenolic OH excluding ortho intramolecular Hbond substituents is 1. The number of methoxy groups -OCH3 is 1. The molecule has 0 fully saturated rings. The van der Waals surface area contributed by atoms with Crippen LogP contribution < -0.4 is 15.5 Å². The number of carbonyl (C=O) groups is 2. The van der Waals surface area contributed by atoms with Crippen LogP contribution in [0.3, 0.4) is 0 Å². The normalized spacial score (nSPS) is 10.6. The number of amides is 2. The van der Waals surface area contributed by atoms with Gasteiger partial charge < -0.3 is 15.2 Å². The first kappa shape index (κ1) is 20.0. The maximum Gasteiger partial charge on any atom is 0.240 e. The Balaban J connectivity index is 1.80. The molecule has 0 spiro atoms. The zero-order chi connectivity index (χ0) is 19.8. The topological polar surface area (TPSA) is 100 Å². The Bertz CT molecular complexity index is 862. The Kier molecular flexibility index (Phi) is 6.93. The molecule has 0 bridgehead atoms. The Morgan fingerprint density at radius 2 is 1.89 bits per heavy atom. The molecule has 2 rings (SSSR count). The van der Waals surface area contributed by atoms with Gasteiger partial charge in [0.2, 0.25) is 11.8 Å². The predicted molar refractivity (Wildman–Crippen MR) is 104 cm³/mol. The van der Waals surface area contributed by atoms with Crippen molar-refractivity contribution in [2.75, 3.05) is 12.4 Å². The Morgan fingerprint density at radius 3 is 2.63 bits per heavy atom. The molecular formula is C20H23N3O4. The number of ether oxygens (including phenoxy) is 1. The smallest absolute Gasteiger partial charge is 0.240 e. The van der Waals surface area contributed by atoms with Crippen molar-refractivity contribution in [3.63, 3.8) is 0 Å². The van der Waals surface area contributed by atoms with E-state index in [-0.39, 0.29) is 30.4 Å². The number of anilines is 1. The van der Waals surface area contributed by atoms with Crippen molar-refractivity contribution in [2.45, 2.75) is 26.7 Å². The summed E-state index contributed by atoms with van der Waals surface area (Å²) in [4.78, 5) is 23.8. The first-order valence-corrected chi connectivity index (χ1v) is 8.45. The molecule has 0 saturated carbocycles. The van der Waals surface area contributed by atoms with E-state index in [2.05, 4.69) is 15.8 Å². The lowest BCUT2D eigenvalue weighted by Crippen LogP contribution is -2.21. The number of hydrogen-bond acceptors (Lipinski definition) is 5. The minimum absolute atomic E-state index is 0.0208. The summed E-state index contributed by atoms with van der Waals surface area (Å²) in [5.41, 5.74) is 5.86. The number of rotatable bonds is 7. The van der Waals surface area contributed by atoms with Gasteiger partial charge in [0, 0.05) is 18.5 Å². The summed E-state index contributed by atoms with van der Waals surface area (Å²) in [5, 5.41) is 16.2. The first-order valence-electron chi connectivity index (χ1n) is 8.45. The first-order chi connectivity index (χ1) is 12.9. The average molecular weight is 369 g/mol. The molecule has 0 aliphatic heterocycles. The van der Waals surface area contributed by atoms with Crippen LogP contribution in [-0.4, -0.2) is 30.2 Å². The van der Waals surface area contributed by atoms with E-state index in [1.54, 1.807) is 12.1 Å². The largest absolute Gasteiger partial charge is 0.504 e. The van der Waals surface area contributed by atoms with E-state index in [4.69, 9.17) is 4.74 Å². The molecule has 27 heavy (non-hydrogen) atoms. The highest BCUT2D eigenvalue weighted by atomic mass is 16.5. The van der Waals surface area contributed by atoms with E-state index in [1.165, 1.54) is 19.4 Å². The van der Waals surface area contributed by atoms with Crippen molar-refractivity contribution in [2.24, 2.45) is 5.10 Å². The standard InChI is InChI=1S/C20H23N3O4/c1-13-5-4-6-16(14(13)2)22-19(25)9-10-20(26)23-21-12-15-7-8-17(24)18(11-15)27-3/h4-8,11-12,24H,9-10H2,1-3H3,(H,22,25)(H,23,26)/b21-12+. The highest BCUT2D eigenvalue weighted by molar-refractivity contribution is 5.94. The summed E-state index contributed by atoms with van der Waals surface area (Å²) in [5.74, 6) is -0.263. The van der Waals surface area contributed by atoms with Crippen LogP contribution in [0.5, 0.6) is 11.5 Å². The second-order valence-corrected chi connectivity index (χ2v) is 6.02. The second-order valence-electron chi connectivity index (χ2n) is 6.02. The molecule has 2 aromatic rings. The number of nitrogens with zero attached hydrogens (tertiary/aromatic N) is 1. The molecule has 0 radical (unpaired) electrons. The highest BCUT2D eigenvalue weighted by Crippen LogP contribution is 2.25. The van der Waals surface area contributed by atoms with Gasteiger partial charge in [-0.25, -0.2) is 5.43 Å². The van der Waals surface area contributed by atoms with E-state index in [0.29, 0.717) is 11.3 Å². The SMILES string of the molecule is COc1cc(/C=N/NC(=O)CCC(=O)Nc2cccc(C)c2C)ccc1O. The van der Waals surface area contributed by atoms with Gasteiger partial charge in [-0.3, -0.25) is 9.59 Å². The van der Waals surface area contributed by atoms with Gasteiger partial charge in [-0.1, -0.05) is 12.1 Å². The molecule has 7 heteroatoms. The van der Waals surface area contributed by atoms with Crippen LogP contribution in [0.25, 0.3) is 0 Å². The van der Waals surface area contributed by atoms with Gasteiger partial charge in [-0.15, -0.1) is 0 Å². The number of nitrogens with one attached hydrogen (secondary N) is 2. The highest BCUT2D eigenvalue weighted by Gasteiger charge is 2.09. The van der Waals surface area contributed by atoms with Gasteiger partial charge in [0.15, 0.2) is 11.5 Å². The molecule has 0 heterocycles. The molecule has 3 N–H and O–H groups in total. The van der Waals surface area contributed by atoms with Crippen LogP contribution in [0.4, 0.5) is 5.69 Å². The molecule has 2 amide bonds. The van der Waals surface area contributed by atoms with Crippen molar-refractivity contribution in [1.82, 2.24) is 5.43 Å². The summed E-state index contributed by atoms with van der Waals surface area (Å²) in [6, 6.07) is 10.4. The molecule has 142 valence electrons. The lowest BCUT2D eigenvalue weighted by molar-refractivity contribution is -0.124. The van der Waals surface area contributed by atoms with Gasteiger partial charge in [0.1, 0.15) is 0 Å². The van der Waals surface area contributed by atoms with E-state index in [0.717, 1.165) is 16.8 Å². The molecule has 0 unspecified atom stereocenters. The second kappa shape index (κ2) is 9.38. The number of phenols is 1. The summed E-state index contributed by atoms with van der Waals surface area (Å²) in [6.07, 6.45) is 1.50. The van der Waals surface area contributed by atoms with E-state index in [1.807, 2.05) is 32.0 Å². The number of carbonyl (C=O) groups excluding carboxylic acids is 2. The molecule has 0 aromatic heterocycles.